The molecule has 1 amide bonds. The molecule has 0 spiro atoms. The summed E-state index contributed by atoms with van der Waals surface area (Å²) >= 11 is 3.40. The van der Waals surface area contributed by atoms with Crippen molar-refractivity contribution in [2.24, 2.45) is 0 Å². The summed E-state index contributed by atoms with van der Waals surface area (Å²) in [5.41, 5.74) is 7.20. The summed E-state index contributed by atoms with van der Waals surface area (Å²) in [5, 5.41) is 9.35. The first-order chi connectivity index (χ1) is 11.5. The van der Waals surface area contributed by atoms with E-state index < -0.39 is 18.1 Å². The molecule has 130 valence electrons. The summed E-state index contributed by atoms with van der Waals surface area (Å²) in [5.74, 6) is -1.19. The smallest absolute Gasteiger partial charge is 0.326 e. The van der Waals surface area contributed by atoms with E-state index in [1.807, 2.05) is 24.3 Å². The fourth-order valence-corrected chi connectivity index (χ4v) is 3.54. The third-order valence-electron chi connectivity index (χ3n) is 4.64. The molecule has 0 bridgehead atoms. The molecular formula is C16H20BrN3O4. The number of nitrogens with one attached hydrogen (secondary N) is 2. The molecule has 2 heterocycles. The number of ether oxygens (including phenoxy) is 1. The minimum absolute atomic E-state index is 0.0103. The van der Waals surface area contributed by atoms with Crippen molar-refractivity contribution in [1.29, 1.82) is 0 Å². The number of likely N-dealkylation sites (tertiary alicyclic amines) is 1. The molecule has 0 radical (unpaired) electrons. The number of methoxy groups -OCH3 is 1. The van der Waals surface area contributed by atoms with Gasteiger partial charge in [0.25, 0.3) is 0 Å². The van der Waals surface area contributed by atoms with E-state index in [1.54, 1.807) is 0 Å². The van der Waals surface area contributed by atoms with Crippen LogP contribution >= 0.6 is 15.9 Å². The third-order valence-corrected chi connectivity index (χ3v) is 5.17. The Morgan fingerprint density at radius 1 is 1.25 bits per heavy atom. The van der Waals surface area contributed by atoms with Crippen LogP contribution in [0.4, 0.5) is 0 Å². The Balaban J connectivity index is 1.67. The molecular weight excluding hydrogens is 378 g/mol. The number of carbonyl (C=O) groups is 2. The lowest BCUT2D eigenvalue weighted by atomic mass is 10.0. The molecule has 7 nitrogen and oxygen atoms in total. The van der Waals surface area contributed by atoms with Crippen molar-refractivity contribution in [3.63, 3.8) is 0 Å². The molecule has 8 heteroatoms. The van der Waals surface area contributed by atoms with Crippen molar-refractivity contribution in [2.75, 3.05) is 13.7 Å². The van der Waals surface area contributed by atoms with E-state index in [9.17, 15) is 14.7 Å². The van der Waals surface area contributed by atoms with Gasteiger partial charge in [-0.1, -0.05) is 28.1 Å². The predicted molar refractivity (Wildman–Crippen MR) is 90.1 cm³/mol. The third kappa shape index (κ3) is 3.46. The SMILES string of the molecule is COC1CC(C(=O)O)N(C(=O)C2CC(c3ccc(Br)cc3)NN2)C1. The van der Waals surface area contributed by atoms with Crippen molar-refractivity contribution in [1.82, 2.24) is 15.8 Å². The summed E-state index contributed by atoms with van der Waals surface area (Å²) in [7, 11) is 1.54. The van der Waals surface area contributed by atoms with Gasteiger partial charge < -0.3 is 14.7 Å². The molecule has 0 saturated carbocycles. The van der Waals surface area contributed by atoms with Gasteiger partial charge >= 0.3 is 5.97 Å². The van der Waals surface area contributed by atoms with E-state index in [0.29, 0.717) is 19.4 Å². The second-order valence-corrected chi connectivity index (χ2v) is 7.03. The largest absolute Gasteiger partial charge is 0.480 e. The summed E-state index contributed by atoms with van der Waals surface area (Å²) in [6.45, 7) is 0.313. The number of hydrogen-bond acceptors (Lipinski definition) is 5. The molecule has 0 aliphatic carbocycles. The normalized spacial score (nSPS) is 29.8. The Bertz CT molecular complexity index is 624. The van der Waals surface area contributed by atoms with Gasteiger partial charge in [0.15, 0.2) is 0 Å². The van der Waals surface area contributed by atoms with E-state index in [0.717, 1.165) is 10.0 Å². The number of hydrazine groups is 1. The van der Waals surface area contributed by atoms with Crippen molar-refractivity contribution < 1.29 is 19.4 Å². The van der Waals surface area contributed by atoms with E-state index in [-0.39, 0.29) is 18.1 Å². The van der Waals surface area contributed by atoms with Gasteiger partial charge in [0.05, 0.1) is 6.10 Å². The van der Waals surface area contributed by atoms with Crippen molar-refractivity contribution in [3.8, 4) is 0 Å². The maximum atomic E-state index is 12.8. The second kappa shape index (κ2) is 7.18. The zero-order valence-electron chi connectivity index (χ0n) is 13.2. The van der Waals surface area contributed by atoms with Crippen LogP contribution in [0, 0.1) is 0 Å². The van der Waals surface area contributed by atoms with Gasteiger partial charge in [-0.05, 0) is 24.1 Å². The highest BCUT2D eigenvalue weighted by atomic mass is 79.9. The number of halogens is 1. The highest BCUT2D eigenvalue weighted by Crippen LogP contribution is 2.27. The van der Waals surface area contributed by atoms with E-state index in [2.05, 4.69) is 26.8 Å². The molecule has 3 N–H and O–H groups in total. The zero-order chi connectivity index (χ0) is 17.3. The topological polar surface area (TPSA) is 90.9 Å². The number of amides is 1. The van der Waals surface area contributed by atoms with E-state index >= 15 is 0 Å². The van der Waals surface area contributed by atoms with Gasteiger partial charge in [0, 0.05) is 30.6 Å². The van der Waals surface area contributed by atoms with Crippen LogP contribution in [-0.2, 0) is 14.3 Å². The molecule has 4 unspecified atom stereocenters. The lowest BCUT2D eigenvalue weighted by Gasteiger charge is -2.24. The zero-order valence-corrected chi connectivity index (χ0v) is 14.8. The maximum Gasteiger partial charge on any atom is 0.326 e. The summed E-state index contributed by atoms with van der Waals surface area (Å²) in [6, 6.07) is 6.63. The van der Waals surface area contributed by atoms with Crippen LogP contribution in [0.2, 0.25) is 0 Å². The fraction of sp³-hybridized carbons (Fsp3) is 0.500. The number of carboxylic acids is 1. The number of aliphatic carboxylic acids is 1. The Hall–Kier alpha value is -1.48. The van der Waals surface area contributed by atoms with Crippen LogP contribution in [0.25, 0.3) is 0 Å². The number of nitrogens with zero attached hydrogens (tertiary/aromatic N) is 1. The summed E-state index contributed by atoms with van der Waals surface area (Å²) < 4.78 is 6.24. The standard InChI is InChI=1S/C16H20BrN3O4/c1-24-11-6-14(16(22)23)20(8-11)15(21)13-7-12(18-19-13)9-2-4-10(17)5-3-9/h2-5,11-14,18-19H,6-8H2,1H3,(H,22,23). The monoisotopic (exact) mass is 397 g/mol. The fourth-order valence-electron chi connectivity index (χ4n) is 3.28. The minimum Gasteiger partial charge on any atom is -0.480 e. The Morgan fingerprint density at radius 2 is 1.96 bits per heavy atom. The van der Waals surface area contributed by atoms with Crippen LogP contribution in [-0.4, -0.2) is 53.7 Å². The van der Waals surface area contributed by atoms with E-state index in [4.69, 9.17) is 4.74 Å². The van der Waals surface area contributed by atoms with Crippen LogP contribution in [0.5, 0.6) is 0 Å². The molecule has 4 atom stereocenters. The van der Waals surface area contributed by atoms with Gasteiger partial charge in [-0.15, -0.1) is 0 Å². The minimum atomic E-state index is -0.988. The average molecular weight is 398 g/mol. The average Bonchev–Trinajstić information content (AvgIpc) is 3.22. The van der Waals surface area contributed by atoms with Crippen LogP contribution in [0.1, 0.15) is 24.4 Å². The Morgan fingerprint density at radius 3 is 2.58 bits per heavy atom. The summed E-state index contributed by atoms with van der Waals surface area (Å²) in [6.07, 6.45) is 0.668. The van der Waals surface area contributed by atoms with Gasteiger partial charge in [0.1, 0.15) is 12.1 Å². The van der Waals surface area contributed by atoms with Gasteiger partial charge in [-0.2, -0.15) is 0 Å². The lowest BCUT2D eigenvalue weighted by Crippen LogP contribution is -2.49. The number of rotatable bonds is 4. The Kier molecular flexibility index (Phi) is 5.19. The summed E-state index contributed by atoms with van der Waals surface area (Å²) in [4.78, 5) is 25.6. The molecule has 1 aromatic carbocycles. The Labute approximate surface area is 148 Å². The predicted octanol–water partition coefficient (Wildman–Crippen LogP) is 1.06. The number of benzene rings is 1. The molecule has 2 aliphatic rings. The van der Waals surface area contributed by atoms with E-state index in [1.165, 1.54) is 12.0 Å². The van der Waals surface area contributed by atoms with Crippen molar-refractivity contribution in [2.45, 2.75) is 37.1 Å². The molecule has 2 fully saturated rings. The number of carboxylic acid groups (broad SMARTS) is 1. The van der Waals surface area contributed by atoms with Crippen molar-refractivity contribution in [3.05, 3.63) is 34.3 Å². The lowest BCUT2D eigenvalue weighted by molar-refractivity contribution is -0.148. The van der Waals surface area contributed by atoms with Crippen LogP contribution in [0.15, 0.2) is 28.7 Å². The molecule has 2 saturated heterocycles. The molecule has 24 heavy (non-hydrogen) atoms. The van der Waals surface area contributed by atoms with Gasteiger partial charge in [-0.25, -0.2) is 15.6 Å². The van der Waals surface area contributed by atoms with Gasteiger partial charge in [0.2, 0.25) is 5.91 Å². The highest BCUT2D eigenvalue weighted by molar-refractivity contribution is 9.10. The van der Waals surface area contributed by atoms with Gasteiger partial charge in [-0.3, -0.25) is 4.79 Å². The quantitative estimate of drug-likeness (QED) is 0.703. The van der Waals surface area contributed by atoms with Crippen LogP contribution < -0.4 is 10.9 Å². The molecule has 1 aromatic rings. The van der Waals surface area contributed by atoms with Crippen LogP contribution in [0.3, 0.4) is 0 Å². The molecule has 0 aromatic heterocycles. The highest BCUT2D eigenvalue weighted by Gasteiger charge is 2.43. The number of hydrogen-bond donors (Lipinski definition) is 3. The molecule has 3 rings (SSSR count). The first kappa shape index (κ1) is 17.3. The number of carbonyl (C=O) groups excluding carboxylic acids is 1. The second-order valence-electron chi connectivity index (χ2n) is 6.12. The first-order valence-electron chi connectivity index (χ1n) is 7.82. The first-order valence-corrected chi connectivity index (χ1v) is 8.61. The maximum absolute atomic E-state index is 12.8. The molecule has 2 aliphatic heterocycles. The van der Waals surface area contributed by atoms with Crippen molar-refractivity contribution >= 4 is 27.8 Å².